The summed E-state index contributed by atoms with van der Waals surface area (Å²) < 4.78 is 152. The molecule has 0 aliphatic carbocycles. The summed E-state index contributed by atoms with van der Waals surface area (Å²) in [6.45, 7) is 0. The third-order valence-electron chi connectivity index (χ3n) is 7.96. The Kier molecular flexibility index (Phi) is 9.58. The smallest absolute Gasteiger partial charge is 0.266 e. The molecule has 0 atom stereocenters. The number of imide groups is 2. The number of hydrogen-bond donors (Lipinski definition) is 0. The van der Waals surface area contributed by atoms with Crippen molar-refractivity contribution in [2.75, 3.05) is 0 Å². The van der Waals surface area contributed by atoms with E-state index in [1.807, 2.05) is 45.2 Å². The van der Waals surface area contributed by atoms with Crippen molar-refractivity contribution in [1.82, 2.24) is 10.1 Å². The zero-order valence-corrected chi connectivity index (χ0v) is 31.3. The second kappa shape index (κ2) is 13.1. The first-order valence-electron chi connectivity index (χ1n) is 14.1. The molecular formula is C31H14F6I2N2O10S2. The van der Waals surface area contributed by atoms with Crippen LogP contribution in [0.1, 0.15) is 52.6 Å². The summed E-state index contributed by atoms with van der Waals surface area (Å²) in [6, 6.07) is 11.0. The van der Waals surface area contributed by atoms with E-state index in [1.165, 1.54) is 24.3 Å². The van der Waals surface area contributed by atoms with E-state index in [9.17, 15) is 36.0 Å². The maximum atomic E-state index is 15.1. The van der Waals surface area contributed by atoms with Crippen molar-refractivity contribution in [3.05, 3.63) is 125 Å². The van der Waals surface area contributed by atoms with Gasteiger partial charge in [0.15, 0.2) is 0 Å². The van der Waals surface area contributed by atoms with E-state index >= 15 is 26.3 Å². The monoisotopic (exact) mass is 1010 g/mol. The lowest BCUT2D eigenvalue weighted by Gasteiger charge is -2.38. The molecule has 2 aliphatic heterocycles. The summed E-state index contributed by atoms with van der Waals surface area (Å²) in [5, 5.41) is -0.660. The maximum absolute atomic E-state index is 15.1. The van der Waals surface area contributed by atoms with E-state index in [0.717, 1.165) is 24.3 Å². The molecule has 2 heterocycles. The lowest BCUT2D eigenvalue weighted by Crippen LogP contribution is -2.55. The van der Waals surface area contributed by atoms with Crippen LogP contribution in [0.3, 0.4) is 0 Å². The Bertz CT molecular complexity index is 2300. The molecule has 0 unspecified atom stereocenters. The van der Waals surface area contributed by atoms with Crippen molar-refractivity contribution in [3.63, 3.8) is 0 Å². The van der Waals surface area contributed by atoms with Crippen LogP contribution in [0.2, 0.25) is 0 Å². The molecular weight excluding hydrogens is 992 g/mol. The van der Waals surface area contributed by atoms with Gasteiger partial charge >= 0.3 is 32.6 Å². The number of carbonyl (C=O) groups is 4. The zero-order chi connectivity index (χ0) is 39.1. The highest BCUT2D eigenvalue weighted by atomic mass is 127. The highest BCUT2D eigenvalue weighted by Crippen LogP contribution is 2.57. The number of carbonyl (C=O) groups excluding carboxylic acids is 4. The number of benzene rings is 4. The molecule has 0 saturated carbocycles. The van der Waals surface area contributed by atoms with Gasteiger partial charge < -0.3 is 0 Å². The largest absolute Gasteiger partial charge is 0.411 e. The summed E-state index contributed by atoms with van der Waals surface area (Å²) in [6.07, 6.45) is -12.6. The third-order valence-corrected chi connectivity index (χ3v) is 11.8. The van der Waals surface area contributed by atoms with Gasteiger partial charge in [0.05, 0.1) is 32.0 Å². The predicted octanol–water partition coefficient (Wildman–Crippen LogP) is 6.14. The first kappa shape index (κ1) is 38.7. The number of halogens is 8. The van der Waals surface area contributed by atoms with Crippen LogP contribution < -0.4 is 0 Å². The summed E-state index contributed by atoms with van der Waals surface area (Å²) in [5.41, 5.74) is -12.2. The molecule has 0 radical (unpaired) electrons. The van der Waals surface area contributed by atoms with Crippen molar-refractivity contribution >= 4 is 89.0 Å². The first-order chi connectivity index (χ1) is 24.5. The van der Waals surface area contributed by atoms with Gasteiger partial charge in [-0.25, -0.2) is 0 Å². The number of alkyl halides is 6. The molecule has 12 nitrogen and oxygen atoms in total. The quantitative estimate of drug-likeness (QED) is 0.114. The van der Waals surface area contributed by atoms with E-state index in [4.69, 9.17) is 0 Å². The van der Waals surface area contributed by atoms with Gasteiger partial charge in [-0.1, -0.05) is 12.1 Å². The molecule has 4 aromatic carbocycles. The van der Waals surface area contributed by atoms with Crippen molar-refractivity contribution in [2.45, 2.75) is 27.6 Å². The maximum Gasteiger partial charge on any atom is 0.411 e. The van der Waals surface area contributed by atoms with Gasteiger partial charge in [-0.05, 0) is 129 Å². The van der Waals surface area contributed by atoms with Gasteiger partial charge in [-0.15, -0.1) is 18.7 Å². The lowest BCUT2D eigenvalue weighted by atomic mass is 9.71. The SMILES string of the molecule is O=C1c2ccc(C(c3ccc4c(c3)C(=O)N(OS(=O)(=O)c3ccc(I)cc3)C4=O)(C(F)(F)F)C(F)(F)F)cc2C(=O)N1OS(=O)(=O)c1ccc(I)cc1. The Balaban J connectivity index is 1.41. The van der Waals surface area contributed by atoms with Gasteiger partial charge in [-0.3, -0.25) is 19.2 Å². The summed E-state index contributed by atoms with van der Waals surface area (Å²) in [5.74, 6) is -6.46. The molecule has 4 aromatic rings. The average Bonchev–Trinajstić information content (AvgIpc) is 3.43. The molecule has 0 fully saturated rings. The van der Waals surface area contributed by atoms with E-state index in [1.54, 1.807) is 0 Å². The molecule has 0 spiro atoms. The minimum Gasteiger partial charge on any atom is -0.266 e. The third kappa shape index (κ3) is 6.40. The molecule has 0 N–H and O–H groups in total. The number of nitrogens with zero attached hydrogens (tertiary/aromatic N) is 2. The number of amides is 4. The van der Waals surface area contributed by atoms with Crippen molar-refractivity contribution in [3.8, 4) is 0 Å². The van der Waals surface area contributed by atoms with Crippen molar-refractivity contribution in [1.29, 1.82) is 0 Å². The second-order valence-corrected chi connectivity index (χ2v) is 16.6. The Morgan fingerprint density at radius 2 is 0.774 bits per heavy atom. The van der Waals surface area contributed by atoms with Gasteiger partial charge in [0.25, 0.3) is 23.6 Å². The number of rotatable bonds is 8. The van der Waals surface area contributed by atoms with Crippen LogP contribution >= 0.6 is 45.2 Å². The second-order valence-electron chi connectivity index (χ2n) is 11.0. The predicted molar refractivity (Wildman–Crippen MR) is 182 cm³/mol. The standard InChI is InChI=1S/C31H14F6I2N2O10S2/c32-30(33,34)29(31(35,36)37,15-1-11-21-23(13-15)27(44)40(25(21)42)50-52(46,47)19-7-3-17(38)4-8-19)16-2-12-22-24(14-16)28(45)41(26(22)43)51-53(48,49)20-9-5-18(39)6-10-20/h1-14H. The number of hydrogen-bond acceptors (Lipinski definition) is 10. The highest BCUT2D eigenvalue weighted by Gasteiger charge is 2.73. The Labute approximate surface area is 321 Å². The molecule has 0 aromatic heterocycles. The van der Waals surface area contributed by atoms with Crippen LogP contribution in [-0.4, -0.2) is 62.9 Å². The van der Waals surface area contributed by atoms with Gasteiger partial charge in [0.1, 0.15) is 0 Å². The molecule has 276 valence electrons. The van der Waals surface area contributed by atoms with Gasteiger partial charge in [0.2, 0.25) is 5.41 Å². The van der Waals surface area contributed by atoms with Crippen LogP contribution in [0.15, 0.2) is 94.7 Å². The Morgan fingerprint density at radius 1 is 0.472 bits per heavy atom. The molecule has 4 amide bonds. The minimum atomic E-state index is -6.32. The van der Waals surface area contributed by atoms with E-state index in [0.29, 0.717) is 19.3 Å². The number of hydroxylamine groups is 4. The van der Waals surface area contributed by atoms with Crippen molar-refractivity contribution in [2.24, 2.45) is 0 Å². The van der Waals surface area contributed by atoms with Crippen LogP contribution in [0, 0.1) is 7.14 Å². The van der Waals surface area contributed by atoms with Crippen LogP contribution in [0.5, 0.6) is 0 Å². The van der Waals surface area contributed by atoms with Crippen molar-refractivity contribution < 1.29 is 70.9 Å². The number of fused-ring (bicyclic) bond motifs is 2. The zero-order valence-electron chi connectivity index (χ0n) is 25.4. The topological polar surface area (TPSA) is 161 Å². The van der Waals surface area contributed by atoms with Crippen LogP contribution in [0.4, 0.5) is 26.3 Å². The summed E-state index contributed by atoms with van der Waals surface area (Å²) in [4.78, 5) is 51.2. The van der Waals surface area contributed by atoms with E-state index in [-0.39, 0.29) is 34.4 Å². The van der Waals surface area contributed by atoms with E-state index in [2.05, 4.69) is 8.57 Å². The molecule has 53 heavy (non-hydrogen) atoms. The molecule has 22 heteroatoms. The van der Waals surface area contributed by atoms with Gasteiger partial charge in [0, 0.05) is 7.14 Å². The van der Waals surface area contributed by atoms with E-state index < -0.39 is 105 Å². The fourth-order valence-electron chi connectivity index (χ4n) is 5.51. The lowest BCUT2D eigenvalue weighted by molar-refractivity contribution is -0.288. The fraction of sp³-hybridized carbons (Fsp3) is 0.0968. The normalized spacial score (nSPS) is 15.3. The fourth-order valence-corrected chi connectivity index (χ4v) is 8.00. The molecule has 6 rings (SSSR count). The molecule has 0 saturated heterocycles. The molecule has 2 aliphatic rings. The van der Waals surface area contributed by atoms with Crippen LogP contribution in [-0.2, 0) is 34.2 Å². The average molecular weight is 1010 g/mol. The summed E-state index contributed by atoms with van der Waals surface area (Å²) in [7, 11) is -9.82. The van der Waals surface area contributed by atoms with Crippen LogP contribution in [0.25, 0.3) is 0 Å². The molecule has 0 bridgehead atoms. The van der Waals surface area contributed by atoms with Gasteiger partial charge in [-0.2, -0.15) is 43.2 Å². The highest BCUT2D eigenvalue weighted by molar-refractivity contribution is 14.1. The Morgan fingerprint density at radius 3 is 1.08 bits per heavy atom. The Hall–Kier alpha value is -3.98. The first-order valence-corrected chi connectivity index (χ1v) is 19.1. The minimum absolute atomic E-state index is 0.0840. The summed E-state index contributed by atoms with van der Waals surface area (Å²) >= 11 is 3.70.